The summed E-state index contributed by atoms with van der Waals surface area (Å²) >= 11 is 0. The van der Waals surface area contributed by atoms with Gasteiger partial charge in [-0.05, 0) is 61.9 Å². The summed E-state index contributed by atoms with van der Waals surface area (Å²) in [7, 11) is 1.78. The number of hydrogen-bond acceptors (Lipinski definition) is 3. The third-order valence-corrected chi connectivity index (χ3v) is 7.76. The van der Waals surface area contributed by atoms with Crippen LogP contribution in [0.5, 0.6) is 0 Å². The number of nitrogens with zero attached hydrogens (tertiary/aromatic N) is 1. The van der Waals surface area contributed by atoms with Gasteiger partial charge in [-0.2, -0.15) is 0 Å². The number of ether oxygens (including phenoxy) is 1. The van der Waals surface area contributed by atoms with Crippen molar-refractivity contribution in [1.29, 1.82) is 0 Å². The third-order valence-electron chi connectivity index (χ3n) is 7.76. The van der Waals surface area contributed by atoms with E-state index in [2.05, 4.69) is 95.2 Å². The highest BCUT2D eigenvalue weighted by Crippen LogP contribution is 2.40. The van der Waals surface area contributed by atoms with Crippen molar-refractivity contribution >= 4 is 0 Å². The van der Waals surface area contributed by atoms with Crippen molar-refractivity contribution in [2.75, 3.05) is 26.7 Å². The monoisotopic (exact) mass is 440 g/mol. The van der Waals surface area contributed by atoms with Gasteiger partial charge in [0.1, 0.15) is 5.76 Å². The van der Waals surface area contributed by atoms with Crippen molar-refractivity contribution in [3.63, 3.8) is 0 Å². The average molecular weight is 441 g/mol. The van der Waals surface area contributed by atoms with Crippen molar-refractivity contribution in [1.82, 2.24) is 10.2 Å². The minimum absolute atomic E-state index is 0.469. The molecule has 0 aromatic heterocycles. The Bertz CT molecular complexity index is 986. The lowest BCUT2D eigenvalue weighted by Crippen LogP contribution is -2.64. The Morgan fingerprint density at radius 1 is 1.00 bits per heavy atom. The van der Waals surface area contributed by atoms with Crippen molar-refractivity contribution in [3.8, 4) is 0 Å². The molecule has 1 unspecified atom stereocenters. The largest absolute Gasteiger partial charge is 0.496 e. The Morgan fingerprint density at radius 2 is 1.73 bits per heavy atom. The fourth-order valence-corrected chi connectivity index (χ4v) is 6.12. The van der Waals surface area contributed by atoms with Crippen LogP contribution >= 0.6 is 0 Å². The van der Waals surface area contributed by atoms with E-state index in [0.29, 0.717) is 18.0 Å². The SMILES string of the molecule is COC1=CC=CCC=C1CN[C@H]1C2CCN(CC2)C1[C@H](Cc1ccccc1)c1ccccc1. The molecule has 0 radical (unpaired) electrons. The van der Waals surface area contributed by atoms with E-state index in [1.807, 2.05) is 0 Å². The number of benzene rings is 2. The molecule has 0 amide bonds. The van der Waals surface area contributed by atoms with E-state index in [0.717, 1.165) is 31.1 Å². The minimum atomic E-state index is 0.469. The highest BCUT2D eigenvalue weighted by Gasteiger charge is 2.45. The maximum absolute atomic E-state index is 5.70. The van der Waals surface area contributed by atoms with Crippen LogP contribution in [0, 0.1) is 5.92 Å². The Labute approximate surface area is 198 Å². The number of hydrogen-bond donors (Lipinski definition) is 1. The van der Waals surface area contributed by atoms with E-state index in [1.54, 1.807) is 7.11 Å². The Balaban J connectivity index is 1.43. The molecule has 2 bridgehead atoms. The van der Waals surface area contributed by atoms with Crippen LogP contribution in [0.15, 0.2) is 96.3 Å². The first-order valence-electron chi connectivity index (χ1n) is 12.5. The zero-order valence-electron chi connectivity index (χ0n) is 19.7. The standard InChI is InChI=1S/C30H36N2O/c1-33-28-16-10-4-9-15-26(28)22-31-29-25-17-19-32(20-18-25)30(29)27(24-13-7-3-8-14-24)21-23-11-5-2-6-12-23/h2-8,10-16,25,27,29-31H,9,17-22H2,1H3/t27-,29+,30?/m1/s1. The van der Waals surface area contributed by atoms with Gasteiger partial charge in [0.25, 0.3) is 0 Å². The van der Waals surface area contributed by atoms with E-state index in [-0.39, 0.29) is 0 Å². The predicted molar refractivity (Wildman–Crippen MR) is 136 cm³/mol. The molecular weight excluding hydrogens is 404 g/mol. The number of nitrogens with one attached hydrogen (secondary N) is 1. The van der Waals surface area contributed by atoms with Gasteiger partial charge < -0.3 is 10.1 Å². The van der Waals surface area contributed by atoms with Crippen molar-refractivity contribution < 1.29 is 4.74 Å². The molecule has 33 heavy (non-hydrogen) atoms. The molecule has 1 N–H and O–H groups in total. The first-order chi connectivity index (χ1) is 16.3. The number of allylic oxidation sites excluding steroid dienone is 4. The van der Waals surface area contributed by atoms with Gasteiger partial charge >= 0.3 is 0 Å². The number of fused-ring (bicyclic) bond motifs is 3. The summed E-state index contributed by atoms with van der Waals surface area (Å²) < 4.78 is 5.70. The summed E-state index contributed by atoms with van der Waals surface area (Å²) in [5.41, 5.74) is 4.16. The van der Waals surface area contributed by atoms with E-state index < -0.39 is 0 Å². The van der Waals surface area contributed by atoms with Gasteiger partial charge in [0.05, 0.1) is 7.11 Å². The third kappa shape index (κ3) is 5.00. The van der Waals surface area contributed by atoms with E-state index in [4.69, 9.17) is 4.74 Å². The number of methoxy groups -OCH3 is 1. The Kier molecular flexibility index (Phi) is 7.09. The topological polar surface area (TPSA) is 24.5 Å². The zero-order chi connectivity index (χ0) is 22.5. The summed E-state index contributed by atoms with van der Waals surface area (Å²) in [6.45, 7) is 3.31. The second-order valence-electron chi connectivity index (χ2n) is 9.61. The lowest BCUT2D eigenvalue weighted by atomic mass is 9.71. The predicted octanol–water partition coefficient (Wildman–Crippen LogP) is 5.48. The van der Waals surface area contributed by atoms with Crippen molar-refractivity contribution in [3.05, 3.63) is 107 Å². The van der Waals surface area contributed by atoms with Gasteiger partial charge in [-0.3, -0.25) is 4.90 Å². The van der Waals surface area contributed by atoms with Crippen molar-refractivity contribution in [2.24, 2.45) is 5.92 Å². The lowest BCUT2D eigenvalue weighted by molar-refractivity contribution is 0.000543. The first-order valence-corrected chi connectivity index (χ1v) is 12.5. The molecular formula is C30H36N2O. The molecule has 2 aromatic rings. The Morgan fingerprint density at radius 3 is 2.45 bits per heavy atom. The van der Waals surface area contributed by atoms with Crippen LogP contribution < -0.4 is 5.32 Å². The van der Waals surface area contributed by atoms with Crippen LogP contribution in [0.25, 0.3) is 0 Å². The summed E-state index contributed by atoms with van der Waals surface area (Å²) in [6, 6.07) is 23.2. The molecule has 4 aliphatic rings. The van der Waals surface area contributed by atoms with Crippen LogP contribution in [0.1, 0.15) is 36.3 Å². The van der Waals surface area contributed by atoms with Gasteiger partial charge in [0.15, 0.2) is 0 Å². The minimum Gasteiger partial charge on any atom is -0.496 e. The molecule has 1 aliphatic carbocycles. The maximum Gasteiger partial charge on any atom is 0.123 e. The molecule has 3 fully saturated rings. The fraction of sp³-hybridized carbons (Fsp3) is 0.400. The molecule has 6 rings (SSSR count). The molecule has 172 valence electrons. The summed E-state index contributed by atoms with van der Waals surface area (Å²) in [4.78, 5) is 2.77. The highest BCUT2D eigenvalue weighted by molar-refractivity contribution is 5.34. The maximum atomic E-state index is 5.70. The Hall–Kier alpha value is -2.62. The van der Waals surface area contributed by atoms with Gasteiger partial charge in [-0.1, -0.05) is 78.9 Å². The second-order valence-corrected chi connectivity index (χ2v) is 9.61. The second kappa shape index (κ2) is 10.5. The molecule has 0 spiro atoms. The van der Waals surface area contributed by atoms with Crippen LogP contribution in [-0.4, -0.2) is 43.7 Å². The van der Waals surface area contributed by atoms with Gasteiger partial charge in [-0.15, -0.1) is 0 Å². The average Bonchev–Trinajstić information content (AvgIpc) is 3.12. The first kappa shape index (κ1) is 22.2. The zero-order valence-corrected chi connectivity index (χ0v) is 19.7. The van der Waals surface area contributed by atoms with Gasteiger partial charge in [0, 0.05) is 30.1 Å². The molecule has 3 aliphatic heterocycles. The number of rotatable bonds is 8. The van der Waals surface area contributed by atoms with E-state index in [9.17, 15) is 0 Å². The normalized spacial score (nSPS) is 27.4. The molecule has 3 heterocycles. The fourth-order valence-electron chi connectivity index (χ4n) is 6.12. The summed E-state index contributed by atoms with van der Waals surface area (Å²) in [5.74, 6) is 2.19. The van der Waals surface area contributed by atoms with Crippen molar-refractivity contribution in [2.45, 2.75) is 43.7 Å². The molecule has 3 nitrogen and oxygen atoms in total. The molecule has 2 aromatic carbocycles. The van der Waals surface area contributed by atoms with E-state index >= 15 is 0 Å². The van der Waals surface area contributed by atoms with Crippen LogP contribution in [0.3, 0.4) is 0 Å². The quantitative estimate of drug-likeness (QED) is 0.588. The molecule has 3 heteroatoms. The van der Waals surface area contributed by atoms with Crippen LogP contribution in [-0.2, 0) is 11.2 Å². The summed E-state index contributed by atoms with van der Waals surface area (Å²) in [6.07, 6.45) is 13.3. The molecule has 3 atom stereocenters. The van der Waals surface area contributed by atoms with Crippen LogP contribution in [0.2, 0.25) is 0 Å². The smallest absolute Gasteiger partial charge is 0.123 e. The lowest BCUT2D eigenvalue weighted by Gasteiger charge is -2.54. The summed E-state index contributed by atoms with van der Waals surface area (Å²) in [5, 5.41) is 4.04. The number of piperidine rings is 3. The van der Waals surface area contributed by atoms with E-state index in [1.165, 1.54) is 42.6 Å². The van der Waals surface area contributed by atoms with Gasteiger partial charge in [0.2, 0.25) is 0 Å². The van der Waals surface area contributed by atoms with Gasteiger partial charge in [-0.25, -0.2) is 0 Å². The molecule has 3 saturated heterocycles. The highest BCUT2D eigenvalue weighted by atomic mass is 16.5. The molecule has 0 saturated carbocycles. The van der Waals surface area contributed by atoms with Crippen LogP contribution in [0.4, 0.5) is 0 Å².